The maximum atomic E-state index is 13.4. The Hall–Kier alpha value is -5.49. The van der Waals surface area contributed by atoms with Crippen molar-refractivity contribution in [3.8, 4) is 45.4 Å². The van der Waals surface area contributed by atoms with Gasteiger partial charge >= 0.3 is 5.63 Å². The van der Waals surface area contributed by atoms with Crippen molar-refractivity contribution in [2.45, 2.75) is 5.41 Å². The van der Waals surface area contributed by atoms with E-state index in [2.05, 4.69) is 0 Å². The minimum absolute atomic E-state index is 0.0853. The lowest BCUT2D eigenvalue weighted by Gasteiger charge is -2.34. The molecule has 6 heteroatoms. The summed E-state index contributed by atoms with van der Waals surface area (Å²) in [5.74, 6) is 0.734. The Balaban J connectivity index is 1.68. The van der Waals surface area contributed by atoms with Gasteiger partial charge in [0.2, 0.25) is 0 Å². The molecule has 1 heterocycles. The van der Waals surface area contributed by atoms with E-state index in [0.29, 0.717) is 22.1 Å². The number of hydrogen-bond donors (Lipinski definition) is 4. The second-order valence-electron chi connectivity index (χ2n) is 9.97. The Bertz CT molecular complexity index is 1940. The Morgan fingerprint density at radius 1 is 0.525 bits per heavy atom. The molecule has 4 N–H and O–H groups in total. The van der Waals surface area contributed by atoms with Gasteiger partial charge in [-0.3, -0.25) is 0 Å². The van der Waals surface area contributed by atoms with Crippen molar-refractivity contribution in [1.29, 1.82) is 0 Å². The van der Waals surface area contributed by atoms with E-state index in [1.54, 1.807) is 54.6 Å². The van der Waals surface area contributed by atoms with Crippen LogP contribution in [0.15, 0.2) is 118 Å². The highest BCUT2D eigenvalue weighted by atomic mass is 16.4. The fraction of sp³-hybridized carbons (Fsp3) is 0.0294. The average molecular weight is 527 g/mol. The molecule has 0 saturated heterocycles. The van der Waals surface area contributed by atoms with Gasteiger partial charge in [-0.15, -0.1) is 0 Å². The summed E-state index contributed by atoms with van der Waals surface area (Å²) in [6, 6.07) is 30.9. The van der Waals surface area contributed by atoms with Crippen molar-refractivity contribution in [3.63, 3.8) is 0 Å². The molecular formula is C34H22O6. The molecule has 0 saturated carbocycles. The molecule has 0 spiro atoms. The Labute approximate surface area is 228 Å². The summed E-state index contributed by atoms with van der Waals surface area (Å²) in [5.41, 5.74) is 4.07. The van der Waals surface area contributed by atoms with Crippen molar-refractivity contribution in [2.75, 3.05) is 0 Å². The zero-order valence-corrected chi connectivity index (χ0v) is 21.0. The molecule has 0 amide bonds. The molecule has 7 rings (SSSR count). The molecule has 0 fully saturated rings. The van der Waals surface area contributed by atoms with Gasteiger partial charge < -0.3 is 24.8 Å². The van der Waals surface area contributed by atoms with Crippen molar-refractivity contribution >= 4 is 10.8 Å². The van der Waals surface area contributed by atoms with Crippen LogP contribution in [0.4, 0.5) is 0 Å². The molecule has 40 heavy (non-hydrogen) atoms. The minimum Gasteiger partial charge on any atom is -0.508 e. The highest BCUT2D eigenvalue weighted by Crippen LogP contribution is 2.58. The van der Waals surface area contributed by atoms with Crippen molar-refractivity contribution in [2.24, 2.45) is 0 Å². The number of fused-ring (bicyclic) bond motifs is 5. The lowest BCUT2D eigenvalue weighted by molar-refractivity contribution is 0.472. The summed E-state index contributed by atoms with van der Waals surface area (Å²) in [6.45, 7) is 0. The Morgan fingerprint density at radius 3 is 1.65 bits per heavy atom. The highest BCUT2D eigenvalue weighted by Gasteiger charge is 2.47. The Morgan fingerprint density at radius 2 is 1.05 bits per heavy atom. The van der Waals surface area contributed by atoms with E-state index < -0.39 is 11.0 Å². The van der Waals surface area contributed by atoms with Crippen LogP contribution in [0.25, 0.3) is 33.2 Å². The van der Waals surface area contributed by atoms with E-state index in [9.17, 15) is 25.2 Å². The van der Waals surface area contributed by atoms with Gasteiger partial charge in [-0.1, -0.05) is 36.4 Å². The number of phenols is 4. The van der Waals surface area contributed by atoms with Crippen molar-refractivity contribution < 1.29 is 24.8 Å². The van der Waals surface area contributed by atoms with Crippen LogP contribution in [0, 0.1) is 0 Å². The van der Waals surface area contributed by atoms with E-state index in [4.69, 9.17) is 4.42 Å². The first-order valence-electron chi connectivity index (χ1n) is 12.7. The van der Waals surface area contributed by atoms with Crippen LogP contribution in [0.2, 0.25) is 0 Å². The minimum atomic E-state index is -1.02. The second-order valence-corrected chi connectivity index (χ2v) is 9.97. The largest absolute Gasteiger partial charge is 0.508 e. The van der Waals surface area contributed by atoms with Crippen LogP contribution in [0.5, 0.6) is 23.0 Å². The van der Waals surface area contributed by atoms with Gasteiger partial charge in [0, 0.05) is 5.56 Å². The van der Waals surface area contributed by atoms with Crippen LogP contribution in [0.1, 0.15) is 22.3 Å². The zero-order chi connectivity index (χ0) is 27.6. The number of benzene rings is 5. The van der Waals surface area contributed by atoms with Crippen molar-refractivity contribution in [1.82, 2.24) is 0 Å². The van der Waals surface area contributed by atoms with Gasteiger partial charge in [-0.05, 0) is 112 Å². The molecule has 0 unspecified atom stereocenters. The summed E-state index contributed by atoms with van der Waals surface area (Å²) < 4.78 is 5.74. The van der Waals surface area contributed by atoms with Gasteiger partial charge in [0.1, 0.15) is 28.8 Å². The molecular weight excluding hydrogens is 504 g/mol. The first-order chi connectivity index (χ1) is 19.4. The monoisotopic (exact) mass is 526 g/mol. The van der Waals surface area contributed by atoms with E-state index in [1.807, 2.05) is 42.5 Å². The van der Waals surface area contributed by atoms with Crippen LogP contribution in [-0.4, -0.2) is 20.4 Å². The van der Waals surface area contributed by atoms with E-state index >= 15 is 0 Å². The third-order valence-electron chi connectivity index (χ3n) is 7.77. The number of phenolic OH excluding ortho intramolecular Hbond substituents is 4. The molecule has 0 radical (unpaired) electrons. The highest BCUT2D eigenvalue weighted by molar-refractivity contribution is 6.00. The Kier molecular flexibility index (Phi) is 5.02. The number of rotatable bonds is 3. The van der Waals surface area contributed by atoms with Gasteiger partial charge in [-0.25, -0.2) is 4.79 Å². The fourth-order valence-corrected chi connectivity index (χ4v) is 6.06. The normalized spacial score (nSPS) is 13.2. The molecule has 6 nitrogen and oxygen atoms in total. The molecule has 1 aliphatic rings. The first-order valence-corrected chi connectivity index (χ1v) is 12.7. The second kappa shape index (κ2) is 8.51. The summed E-state index contributed by atoms with van der Waals surface area (Å²) >= 11 is 0. The maximum absolute atomic E-state index is 13.4. The van der Waals surface area contributed by atoms with Gasteiger partial charge in [0.05, 0.1) is 10.8 Å². The predicted octanol–water partition coefficient (Wildman–Crippen LogP) is 6.65. The van der Waals surface area contributed by atoms with Gasteiger partial charge in [-0.2, -0.15) is 0 Å². The molecule has 5 aromatic carbocycles. The maximum Gasteiger partial charge on any atom is 0.344 e. The lowest BCUT2D eigenvalue weighted by atomic mass is 9.66. The number of hydrogen-bond acceptors (Lipinski definition) is 6. The average Bonchev–Trinajstić information content (AvgIpc) is 3.25. The van der Waals surface area contributed by atoms with Crippen LogP contribution in [0.3, 0.4) is 0 Å². The number of aromatic hydroxyl groups is 4. The summed E-state index contributed by atoms with van der Waals surface area (Å²) in [6.07, 6.45) is 0. The van der Waals surface area contributed by atoms with Gasteiger partial charge in [0.15, 0.2) is 0 Å². The third kappa shape index (κ3) is 3.33. The quantitative estimate of drug-likeness (QED) is 0.205. The van der Waals surface area contributed by atoms with Crippen LogP contribution >= 0.6 is 0 Å². The van der Waals surface area contributed by atoms with E-state index in [-0.39, 0.29) is 23.0 Å². The van der Waals surface area contributed by atoms with E-state index in [0.717, 1.165) is 33.4 Å². The van der Waals surface area contributed by atoms with E-state index in [1.165, 1.54) is 12.1 Å². The molecule has 0 atom stereocenters. The smallest absolute Gasteiger partial charge is 0.344 e. The topological polar surface area (TPSA) is 111 Å². The van der Waals surface area contributed by atoms with Gasteiger partial charge in [0.25, 0.3) is 0 Å². The summed E-state index contributed by atoms with van der Waals surface area (Å²) in [7, 11) is 0. The molecule has 0 aliphatic heterocycles. The SMILES string of the molecule is O=c1oc(-c2ccc(O)cc2)cc2c3c(ccc12)-c1ccc(O)cc1C3(c1ccc(O)cc1)c1ccc(O)cc1. The van der Waals surface area contributed by atoms with Crippen LogP contribution in [-0.2, 0) is 5.41 Å². The fourth-order valence-electron chi connectivity index (χ4n) is 6.06. The molecule has 1 aromatic heterocycles. The van der Waals surface area contributed by atoms with Crippen LogP contribution < -0.4 is 5.63 Å². The molecule has 0 bridgehead atoms. The molecule has 6 aromatic rings. The lowest BCUT2D eigenvalue weighted by Crippen LogP contribution is -2.29. The predicted molar refractivity (Wildman–Crippen MR) is 152 cm³/mol. The zero-order valence-electron chi connectivity index (χ0n) is 21.0. The van der Waals surface area contributed by atoms with Crippen molar-refractivity contribution in [3.05, 3.63) is 142 Å². The summed E-state index contributed by atoms with van der Waals surface area (Å²) in [4.78, 5) is 13.4. The molecule has 194 valence electrons. The first kappa shape index (κ1) is 23.6. The standard InChI is InChI=1S/C34H22O6/c35-22-7-1-19(2-8-22)31-18-29-28(33(39)40-31)16-15-27-26-14-13-25(38)17-30(26)34(32(27)29,20-3-9-23(36)10-4-20)21-5-11-24(37)12-6-21/h1-18,35-38H. The third-order valence-corrected chi connectivity index (χ3v) is 7.77. The molecule has 1 aliphatic carbocycles. The summed E-state index contributed by atoms with van der Waals surface area (Å²) in [5, 5.41) is 41.9.